The maximum absolute atomic E-state index is 14.3. The van der Waals surface area contributed by atoms with E-state index < -0.39 is 27.2 Å². The van der Waals surface area contributed by atoms with Crippen molar-refractivity contribution >= 4 is 38.5 Å². The quantitative estimate of drug-likeness (QED) is 0.313. The first kappa shape index (κ1) is 24.8. The highest BCUT2D eigenvalue weighted by molar-refractivity contribution is 7.99. The van der Waals surface area contributed by atoms with E-state index in [0.717, 1.165) is 15.7 Å². The second-order valence-electron chi connectivity index (χ2n) is 10.0. The van der Waals surface area contributed by atoms with Crippen molar-refractivity contribution < 1.29 is 17.9 Å². The van der Waals surface area contributed by atoms with Crippen molar-refractivity contribution in [3.63, 3.8) is 0 Å². The Balaban J connectivity index is 1.72. The third-order valence-electron chi connectivity index (χ3n) is 6.40. The summed E-state index contributed by atoms with van der Waals surface area (Å²) < 4.78 is 36.0. The third-order valence-corrected chi connectivity index (χ3v) is 9.55. The van der Waals surface area contributed by atoms with E-state index in [0.29, 0.717) is 23.3 Å². The highest BCUT2D eigenvalue weighted by Gasteiger charge is 2.53. The summed E-state index contributed by atoms with van der Waals surface area (Å²) in [7, 11) is -3.86. The van der Waals surface area contributed by atoms with E-state index in [1.165, 1.54) is 11.8 Å². The fourth-order valence-corrected chi connectivity index (χ4v) is 8.55. The number of esters is 1. The molecule has 0 amide bonds. The third kappa shape index (κ3) is 4.49. The lowest BCUT2D eigenvalue weighted by Gasteiger charge is -2.53. The maximum atomic E-state index is 14.3. The normalized spacial score (nSPS) is 18.6. The molecule has 180 valence electrons. The number of fused-ring (bicyclic) bond motifs is 1. The van der Waals surface area contributed by atoms with Crippen molar-refractivity contribution in [2.24, 2.45) is 0 Å². The molecule has 1 fully saturated rings. The molecule has 0 bridgehead atoms. The van der Waals surface area contributed by atoms with E-state index in [1.54, 1.807) is 40.7 Å². The van der Waals surface area contributed by atoms with Crippen LogP contribution in [-0.4, -0.2) is 42.1 Å². The van der Waals surface area contributed by atoms with Crippen molar-refractivity contribution in [1.29, 1.82) is 0 Å². The van der Waals surface area contributed by atoms with Crippen LogP contribution in [0.5, 0.6) is 0 Å². The van der Waals surface area contributed by atoms with E-state index >= 15 is 0 Å². The SMILES string of the molecule is CSc1cccc2cccc(S(=O)(=O)N3C(C)(C)CC(OC(=O)c4ccccc4)CC3(C)C)c12. The van der Waals surface area contributed by atoms with E-state index in [1.807, 2.05) is 64.3 Å². The molecule has 0 aliphatic carbocycles. The van der Waals surface area contributed by atoms with Crippen LogP contribution in [0.3, 0.4) is 0 Å². The predicted octanol–water partition coefficient (Wildman–Crippen LogP) is 6.13. The Morgan fingerprint density at radius 1 is 0.912 bits per heavy atom. The van der Waals surface area contributed by atoms with Gasteiger partial charge in [-0.05, 0) is 63.6 Å². The van der Waals surface area contributed by atoms with Crippen molar-refractivity contribution in [2.45, 2.75) is 67.5 Å². The Morgan fingerprint density at radius 3 is 2.09 bits per heavy atom. The first-order chi connectivity index (χ1) is 16.0. The van der Waals surface area contributed by atoms with Gasteiger partial charge in [-0.15, -0.1) is 11.8 Å². The lowest BCUT2D eigenvalue weighted by molar-refractivity contribution is -0.0436. The van der Waals surface area contributed by atoms with Crippen molar-refractivity contribution in [3.05, 3.63) is 72.3 Å². The Hall–Kier alpha value is -2.35. The highest BCUT2D eigenvalue weighted by atomic mass is 32.2. The average molecular weight is 498 g/mol. The maximum Gasteiger partial charge on any atom is 0.338 e. The topological polar surface area (TPSA) is 63.7 Å². The van der Waals surface area contributed by atoms with Crippen molar-refractivity contribution in [1.82, 2.24) is 4.31 Å². The highest BCUT2D eigenvalue weighted by Crippen LogP contribution is 2.45. The van der Waals surface area contributed by atoms with E-state index in [-0.39, 0.29) is 5.97 Å². The van der Waals surface area contributed by atoms with Gasteiger partial charge in [0.2, 0.25) is 10.0 Å². The number of hydrogen-bond donors (Lipinski definition) is 0. The van der Waals surface area contributed by atoms with Crippen LogP contribution in [-0.2, 0) is 14.8 Å². The van der Waals surface area contributed by atoms with Crippen molar-refractivity contribution in [3.8, 4) is 0 Å². The number of benzene rings is 3. The molecule has 34 heavy (non-hydrogen) atoms. The molecule has 0 radical (unpaired) electrons. The summed E-state index contributed by atoms with van der Waals surface area (Å²) in [6.07, 6.45) is 2.39. The van der Waals surface area contributed by atoms with Crippen molar-refractivity contribution in [2.75, 3.05) is 6.26 Å². The molecule has 3 aromatic carbocycles. The molecular formula is C27H31NO4S2. The molecule has 5 nitrogen and oxygen atoms in total. The van der Waals surface area contributed by atoms with Gasteiger partial charge in [0.05, 0.1) is 10.5 Å². The van der Waals surface area contributed by atoms with E-state index in [2.05, 4.69) is 0 Å². The predicted molar refractivity (Wildman–Crippen MR) is 138 cm³/mol. The summed E-state index contributed by atoms with van der Waals surface area (Å²) in [4.78, 5) is 13.9. The molecule has 0 atom stereocenters. The summed E-state index contributed by atoms with van der Waals surface area (Å²) in [5, 5.41) is 1.65. The molecule has 0 unspecified atom stereocenters. The fraction of sp³-hybridized carbons (Fsp3) is 0.370. The molecule has 0 saturated carbocycles. The van der Waals surface area contributed by atoms with Gasteiger partial charge in [0.15, 0.2) is 0 Å². The number of hydrogen-bond acceptors (Lipinski definition) is 5. The Labute approximate surface area is 206 Å². The van der Waals surface area contributed by atoms with Crippen LogP contribution in [0.2, 0.25) is 0 Å². The summed E-state index contributed by atoms with van der Waals surface area (Å²) >= 11 is 1.54. The average Bonchev–Trinajstić information content (AvgIpc) is 2.76. The molecule has 1 aliphatic heterocycles. The molecule has 1 heterocycles. The molecule has 1 aliphatic rings. The molecule has 0 spiro atoms. The van der Waals surface area contributed by atoms with Gasteiger partial charge in [-0.3, -0.25) is 0 Å². The second kappa shape index (κ2) is 9.02. The number of carbonyl (C=O) groups is 1. The van der Waals surface area contributed by atoms with Crippen LogP contribution in [0.25, 0.3) is 10.8 Å². The molecule has 0 N–H and O–H groups in total. The van der Waals surface area contributed by atoms with Gasteiger partial charge in [0.1, 0.15) is 6.10 Å². The van der Waals surface area contributed by atoms with Crippen LogP contribution in [0, 0.1) is 0 Å². The van der Waals surface area contributed by atoms with E-state index in [9.17, 15) is 13.2 Å². The Kier molecular flexibility index (Phi) is 6.57. The summed E-state index contributed by atoms with van der Waals surface area (Å²) in [6, 6.07) is 20.2. The summed E-state index contributed by atoms with van der Waals surface area (Å²) in [5.41, 5.74) is -1.04. The zero-order valence-corrected chi connectivity index (χ0v) is 21.9. The first-order valence-corrected chi connectivity index (χ1v) is 14.0. The largest absolute Gasteiger partial charge is 0.459 e. The number of carbonyl (C=O) groups excluding carboxylic acids is 1. The van der Waals surface area contributed by atoms with Crippen LogP contribution in [0.4, 0.5) is 0 Å². The summed E-state index contributed by atoms with van der Waals surface area (Å²) in [6.45, 7) is 7.65. The van der Waals surface area contributed by atoms with Crippen LogP contribution >= 0.6 is 11.8 Å². The lowest BCUT2D eigenvalue weighted by Crippen LogP contribution is -2.64. The monoisotopic (exact) mass is 497 g/mol. The second-order valence-corrected chi connectivity index (χ2v) is 12.6. The Morgan fingerprint density at radius 2 is 1.50 bits per heavy atom. The molecule has 7 heteroatoms. The smallest absolute Gasteiger partial charge is 0.338 e. The molecule has 3 aromatic rings. The zero-order chi connectivity index (χ0) is 24.7. The lowest BCUT2D eigenvalue weighted by atomic mass is 9.81. The van der Waals surface area contributed by atoms with Crippen LogP contribution in [0.1, 0.15) is 50.9 Å². The number of piperidine rings is 1. The molecule has 0 aromatic heterocycles. The standard InChI is InChI=1S/C27H31NO4S2/c1-26(2)17-21(32-25(29)20-11-7-6-8-12-20)18-27(3,4)28(26)34(30,31)23-16-10-14-19-13-9-15-22(33-5)24(19)23/h6-16,21H,17-18H2,1-5H3. The number of thioether (sulfide) groups is 1. The number of ether oxygens (including phenoxy) is 1. The van der Waals surface area contributed by atoms with Gasteiger partial charge in [-0.2, -0.15) is 4.31 Å². The van der Waals surface area contributed by atoms with Crippen LogP contribution < -0.4 is 0 Å². The molecular weight excluding hydrogens is 466 g/mol. The number of sulfonamides is 1. The molecule has 1 saturated heterocycles. The van der Waals surface area contributed by atoms with Gasteiger partial charge in [-0.1, -0.05) is 42.5 Å². The summed E-state index contributed by atoms with van der Waals surface area (Å²) in [5.74, 6) is -0.382. The van der Waals surface area contributed by atoms with Gasteiger partial charge in [0, 0.05) is 34.2 Å². The van der Waals surface area contributed by atoms with Gasteiger partial charge in [0.25, 0.3) is 0 Å². The first-order valence-electron chi connectivity index (χ1n) is 11.3. The van der Waals surface area contributed by atoms with Crippen LogP contribution in [0.15, 0.2) is 76.5 Å². The Bertz CT molecular complexity index is 1290. The fourth-order valence-electron chi connectivity index (χ4n) is 5.46. The number of rotatable bonds is 5. The van der Waals surface area contributed by atoms with Gasteiger partial charge < -0.3 is 4.74 Å². The van der Waals surface area contributed by atoms with Gasteiger partial charge >= 0.3 is 5.97 Å². The van der Waals surface area contributed by atoms with E-state index in [4.69, 9.17) is 4.74 Å². The zero-order valence-electron chi connectivity index (χ0n) is 20.2. The minimum Gasteiger partial charge on any atom is -0.459 e. The minimum absolute atomic E-state index is 0.316. The van der Waals surface area contributed by atoms with Gasteiger partial charge in [-0.25, -0.2) is 13.2 Å². The molecule has 4 rings (SSSR count). The minimum atomic E-state index is -3.86. The number of nitrogens with zero attached hydrogens (tertiary/aromatic N) is 1.